The van der Waals surface area contributed by atoms with Crippen molar-refractivity contribution < 1.29 is 4.79 Å². The van der Waals surface area contributed by atoms with Gasteiger partial charge in [0.25, 0.3) is 5.91 Å². The molecule has 2 rings (SSSR count). The van der Waals surface area contributed by atoms with Crippen molar-refractivity contribution in [2.45, 2.75) is 6.92 Å². The summed E-state index contributed by atoms with van der Waals surface area (Å²) >= 11 is 1.47. The van der Waals surface area contributed by atoms with Gasteiger partial charge in [0, 0.05) is 12.1 Å². The van der Waals surface area contributed by atoms with Crippen LogP contribution in [0.15, 0.2) is 41.8 Å². The number of nitrogens with two attached hydrogens (primary N) is 1. The Morgan fingerprint density at radius 1 is 1.32 bits per heavy atom. The Hall–Kier alpha value is -1.65. The van der Waals surface area contributed by atoms with Gasteiger partial charge >= 0.3 is 0 Å². The third kappa shape index (κ3) is 3.43. The van der Waals surface area contributed by atoms with Crippen LogP contribution in [0.1, 0.15) is 16.6 Å². The van der Waals surface area contributed by atoms with E-state index < -0.39 is 0 Å². The average molecular weight is 274 g/mol. The second-order valence-electron chi connectivity index (χ2n) is 4.58. The molecule has 2 aromatic rings. The maximum absolute atomic E-state index is 12.2. The minimum absolute atomic E-state index is 0.0193. The molecule has 1 aromatic heterocycles. The molecule has 1 unspecified atom stereocenters. The van der Waals surface area contributed by atoms with Crippen LogP contribution in [0.4, 0.5) is 0 Å². The fraction of sp³-hybridized carbons (Fsp3) is 0.267. The van der Waals surface area contributed by atoms with Gasteiger partial charge in [-0.3, -0.25) is 4.79 Å². The zero-order chi connectivity index (χ0) is 13.7. The number of rotatable bonds is 5. The number of amides is 1. The fourth-order valence-electron chi connectivity index (χ4n) is 1.76. The van der Waals surface area contributed by atoms with E-state index in [0.29, 0.717) is 19.0 Å². The first kappa shape index (κ1) is 13.8. The van der Waals surface area contributed by atoms with E-state index in [4.69, 9.17) is 5.73 Å². The van der Waals surface area contributed by atoms with Crippen LogP contribution in [-0.2, 0) is 0 Å². The van der Waals surface area contributed by atoms with E-state index in [2.05, 4.69) is 5.32 Å². The van der Waals surface area contributed by atoms with E-state index in [0.717, 1.165) is 16.0 Å². The summed E-state index contributed by atoms with van der Waals surface area (Å²) < 4.78 is 0. The molecule has 1 heterocycles. The molecule has 4 heteroatoms. The van der Waals surface area contributed by atoms with Gasteiger partial charge in [-0.1, -0.05) is 37.3 Å². The molecule has 0 bridgehead atoms. The first-order valence-corrected chi connectivity index (χ1v) is 7.21. The molecular weight excluding hydrogens is 256 g/mol. The minimum atomic E-state index is -0.0193. The largest absolute Gasteiger partial charge is 0.351 e. The molecule has 100 valence electrons. The second-order valence-corrected chi connectivity index (χ2v) is 5.50. The SMILES string of the molecule is CC(CN)CNC(=O)c1sccc1-c1ccccc1. The number of hydrogen-bond acceptors (Lipinski definition) is 3. The summed E-state index contributed by atoms with van der Waals surface area (Å²) in [6, 6.07) is 11.9. The maximum atomic E-state index is 12.2. The molecule has 3 nitrogen and oxygen atoms in total. The number of thiophene rings is 1. The van der Waals surface area contributed by atoms with E-state index in [-0.39, 0.29) is 5.91 Å². The predicted molar refractivity (Wildman–Crippen MR) is 80.3 cm³/mol. The Labute approximate surface area is 117 Å². The van der Waals surface area contributed by atoms with Gasteiger partial charge in [-0.2, -0.15) is 0 Å². The van der Waals surface area contributed by atoms with Gasteiger partial charge in [-0.05, 0) is 29.5 Å². The predicted octanol–water partition coefficient (Wildman–Crippen LogP) is 2.74. The number of benzene rings is 1. The molecule has 0 radical (unpaired) electrons. The van der Waals surface area contributed by atoms with Crippen LogP contribution >= 0.6 is 11.3 Å². The van der Waals surface area contributed by atoms with Crippen molar-refractivity contribution in [1.29, 1.82) is 0 Å². The minimum Gasteiger partial charge on any atom is -0.351 e. The number of carbonyl (C=O) groups excluding carboxylic acids is 1. The first-order chi connectivity index (χ1) is 9.22. The Kier molecular flexibility index (Phi) is 4.71. The van der Waals surface area contributed by atoms with Gasteiger partial charge in [0.1, 0.15) is 0 Å². The van der Waals surface area contributed by atoms with E-state index in [1.54, 1.807) is 0 Å². The lowest BCUT2D eigenvalue weighted by Gasteiger charge is -2.10. The van der Waals surface area contributed by atoms with Crippen LogP contribution in [0.5, 0.6) is 0 Å². The van der Waals surface area contributed by atoms with Crippen LogP contribution in [0.3, 0.4) is 0 Å². The Bertz CT molecular complexity index is 536. The Balaban J connectivity index is 2.14. The van der Waals surface area contributed by atoms with Crippen LogP contribution in [0.25, 0.3) is 11.1 Å². The van der Waals surface area contributed by atoms with Crippen LogP contribution in [0, 0.1) is 5.92 Å². The third-order valence-corrected chi connectivity index (χ3v) is 3.88. The molecule has 1 amide bonds. The summed E-state index contributed by atoms with van der Waals surface area (Å²) in [6.07, 6.45) is 0. The van der Waals surface area contributed by atoms with E-state index in [9.17, 15) is 4.79 Å². The van der Waals surface area contributed by atoms with Gasteiger partial charge in [-0.25, -0.2) is 0 Å². The fourth-order valence-corrected chi connectivity index (χ4v) is 2.59. The quantitative estimate of drug-likeness (QED) is 0.881. The number of nitrogens with one attached hydrogen (secondary N) is 1. The van der Waals surface area contributed by atoms with Crippen molar-refractivity contribution in [3.8, 4) is 11.1 Å². The van der Waals surface area contributed by atoms with Crippen LogP contribution in [0.2, 0.25) is 0 Å². The molecule has 19 heavy (non-hydrogen) atoms. The van der Waals surface area contributed by atoms with E-state index in [1.165, 1.54) is 11.3 Å². The highest BCUT2D eigenvalue weighted by molar-refractivity contribution is 7.12. The lowest BCUT2D eigenvalue weighted by atomic mass is 10.1. The zero-order valence-electron chi connectivity index (χ0n) is 10.9. The lowest BCUT2D eigenvalue weighted by molar-refractivity contribution is 0.0953. The van der Waals surface area contributed by atoms with Crippen molar-refractivity contribution in [2.24, 2.45) is 11.7 Å². The van der Waals surface area contributed by atoms with Crippen molar-refractivity contribution in [3.63, 3.8) is 0 Å². The van der Waals surface area contributed by atoms with Crippen molar-refractivity contribution in [1.82, 2.24) is 5.32 Å². The van der Waals surface area contributed by atoms with Gasteiger partial charge in [0.05, 0.1) is 4.88 Å². The molecule has 0 saturated heterocycles. The summed E-state index contributed by atoms with van der Waals surface area (Å²) in [5, 5.41) is 4.89. The highest BCUT2D eigenvalue weighted by Crippen LogP contribution is 2.27. The molecule has 1 aromatic carbocycles. The lowest BCUT2D eigenvalue weighted by Crippen LogP contribution is -2.31. The van der Waals surface area contributed by atoms with Gasteiger partial charge in [0.15, 0.2) is 0 Å². The van der Waals surface area contributed by atoms with Crippen molar-refractivity contribution in [2.75, 3.05) is 13.1 Å². The smallest absolute Gasteiger partial charge is 0.261 e. The third-order valence-electron chi connectivity index (χ3n) is 2.97. The van der Waals surface area contributed by atoms with E-state index in [1.807, 2.05) is 48.7 Å². The normalized spacial score (nSPS) is 12.1. The maximum Gasteiger partial charge on any atom is 0.261 e. The molecule has 0 aliphatic rings. The second kappa shape index (κ2) is 6.50. The zero-order valence-corrected chi connectivity index (χ0v) is 11.7. The first-order valence-electron chi connectivity index (χ1n) is 6.33. The molecule has 0 saturated carbocycles. The monoisotopic (exact) mass is 274 g/mol. The summed E-state index contributed by atoms with van der Waals surface area (Å²) in [7, 11) is 0. The molecule has 3 N–H and O–H groups in total. The summed E-state index contributed by atoms with van der Waals surface area (Å²) in [4.78, 5) is 12.9. The van der Waals surface area contributed by atoms with Gasteiger partial charge in [-0.15, -0.1) is 11.3 Å². The van der Waals surface area contributed by atoms with Crippen molar-refractivity contribution in [3.05, 3.63) is 46.7 Å². The van der Waals surface area contributed by atoms with Gasteiger partial charge < -0.3 is 11.1 Å². The summed E-state index contributed by atoms with van der Waals surface area (Å²) in [6.45, 7) is 3.21. The van der Waals surface area contributed by atoms with Gasteiger partial charge in [0.2, 0.25) is 0 Å². The van der Waals surface area contributed by atoms with Crippen LogP contribution < -0.4 is 11.1 Å². The summed E-state index contributed by atoms with van der Waals surface area (Å²) in [5.41, 5.74) is 7.61. The molecule has 0 aliphatic carbocycles. The average Bonchev–Trinajstić information content (AvgIpc) is 2.94. The molecule has 1 atom stereocenters. The number of carbonyl (C=O) groups is 1. The summed E-state index contributed by atoms with van der Waals surface area (Å²) in [5.74, 6) is 0.276. The standard InChI is InChI=1S/C15H18N2OS/c1-11(9-16)10-17-15(18)14-13(7-8-19-14)12-5-3-2-4-6-12/h2-8,11H,9-10,16H2,1H3,(H,17,18). The highest BCUT2D eigenvalue weighted by Gasteiger charge is 2.14. The Morgan fingerprint density at radius 2 is 2.05 bits per heavy atom. The molecule has 0 spiro atoms. The highest BCUT2D eigenvalue weighted by atomic mass is 32.1. The van der Waals surface area contributed by atoms with Crippen molar-refractivity contribution >= 4 is 17.2 Å². The van der Waals surface area contributed by atoms with E-state index >= 15 is 0 Å². The molecule has 0 aliphatic heterocycles. The molecular formula is C15H18N2OS. The molecule has 0 fully saturated rings. The van der Waals surface area contributed by atoms with Crippen LogP contribution in [-0.4, -0.2) is 19.0 Å². The topological polar surface area (TPSA) is 55.1 Å². The number of hydrogen-bond donors (Lipinski definition) is 2. The Morgan fingerprint density at radius 3 is 2.74 bits per heavy atom.